The third-order valence-corrected chi connectivity index (χ3v) is 3.91. The van der Waals surface area contributed by atoms with Crippen molar-refractivity contribution >= 4 is 11.8 Å². The Labute approximate surface area is 143 Å². The molecule has 0 saturated heterocycles. The van der Waals surface area contributed by atoms with E-state index in [4.69, 9.17) is 0 Å². The van der Waals surface area contributed by atoms with Crippen LogP contribution in [0.5, 0.6) is 0 Å². The first-order chi connectivity index (χ1) is 11.7. The maximum atomic E-state index is 13.2. The van der Waals surface area contributed by atoms with E-state index >= 15 is 0 Å². The fourth-order valence-corrected chi connectivity index (χ4v) is 2.72. The Morgan fingerprint density at radius 2 is 1.42 bits per heavy atom. The highest BCUT2D eigenvalue weighted by atomic mass is 16.2. The number of likely N-dealkylation sites (N-methyl/N-ethyl adjacent to an activating group) is 2. The molecule has 0 aromatic heterocycles. The molecule has 0 aliphatic heterocycles. The maximum Gasteiger partial charge on any atom is 0.239 e. The van der Waals surface area contributed by atoms with Gasteiger partial charge in [-0.05, 0) is 25.0 Å². The van der Waals surface area contributed by atoms with Gasteiger partial charge in [0.05, 0.1) is 12.5 Å². The van der Waals surface area contributed by atoms with Crippen LogP contribution in [-0.4, -0.2) is 36.3 Å². The predicted octanol–water partition coefficient (Wildman–Crippen LogP) is 2.80. The summed E-state index contributed by atoms with van der Waals surface area (Å²) in [5.41, 5.74) is 1.87. The molecule has 0 unspecified atom stereocenters. The fraction of sp³-hybridized carbons (Fsp3) is 0.300. The van der Waals surface area contributed by atoms with Crippen LogP contribution in [0.3, 0.4) is 0 Å². The molecule has 0 heterocycles. The summed E-state index contributed by atoms with van der Waals surface area (Å²) in [4.78, 5) is 26.7. The molecule has 2 rings (SSSR count). The minimum Gasteiger partial charge on any atom is -0.355 e. The Morgan fingerprint density at radius 3 is 1.83 bits per heavy atom. The van der Waals surface area contributed by atoms with Crippen LogP contribution in [0.4, 0.5) is 0 Å². The van der Waals surface area contributed by atoms with Crippen molar-refractivity contribution < 1.29 is 9.59 Å². The lowest BCUT2D eigenvalue weighted by Gasteiger charge is -2.26. The topological polar surface area (TPSA) is 49.4 Å². The minimum absolute atomic E-state index is 0.0545. The van der Waals surface area contributed by atoms with E-state index in [9.17, 15) is 9.59 Å². The first-order valence-electron chi connectivity index (χ1n) is 8.32. The van der Waals surface area contributed by atoms with Gasteiger partial charge in [-0.1, -0.05) is 60.7 Å². The lowest BCUT2D eigenvalue weighted by Crippen LogP contribution is -2.42. The molecule has 1 N–H and O–H groups in total. The van der Waals surface area contributed by atoms with E-state index in [0.717, 1.165) is 11.1 Å². The number of benzene rings is 2. The largest absolute Gasteiger partial charge is 0.355 e. The summed E-state index contributed by atoms with van der Waals surface area (Å²) in [6, 6.07) is 19.4. The number of hydrogen-bond acceptors (Lipinski definition) is 2. The first-order valence-corrected chi connectivity index (χ1v) is 8.32. The van der Waals surface area contributed by atoms with Gasteiger partial charge in [-0.2, -0.15) is 0 Å². The Bertz CT molecular complexity index is 616. The molecule has 0 atom stereocenters. The van der Waals surface area contributed by atoms with Gasteiger partial charge in [0.15, 0.2) is 0 Å². The highest BCUT2D eigenvalue weighted by molar-refractivity contribution is 5.90. The van der Waals surface area contributed by atoms with Crippen molar-refractivity contribution in [3.05, 3.63) is 71.8 Å². The van der Waals surface area contributed by atoms with E-state index in [1.54, 1.807) is 4.90 Å². The number of carbonyl (C=O) groups excluding carboxylic acids is 2. The Balaban J connectivity index is 2.32. The molecule has 2 amide bonds. The Morgan fingerprint density at radius 1 is 0.917 bits per heavy atom. The normalized spacial score (nSPS) is 10.5. The van der Waals surface area contributed by atoms with Crippen LogP contribution >= 0.6 is 0 Å². The van der Waals surface area contributed by atoms with Crippen LogP contribution in [0.1, 0.15) is 30.9 Å². The van der Waals surface area contributed by atoms with Crippen molar-refractivity contribution in [3.63, 3.8) is 0 Å². The molecule has 24 heavy (non-hydrogen) atoms. The summed E-state index contributed by atoms with van der Waals surface area (Å²) in [7, 11) is 0. The molecule has 0 saturated carbocycles. The smallest absolute Gasteiger partial charge is 0.239 e. The molecule has 2 aromatic carbocycles. The van der Waals surface area contributed by atoms with E-state index < -0.39 is 5.92 Å². The van der Waals surface area contributed by atoms with Gasteiger partial charge in [0, 0.05) is 13.1 Å². The molecule has 2 aromatic rings. The third kappa shape index (κ3) is 4.44. The van der Waals surface area contributed by atoms with E-state index in [2.05, 4.69) is 5.32 Å². The van der Waals surface area contributed by atoms with Crippen molar-refractivity contribution in [3.8, 4) is 0 Å². The van der Waals surface area contributed by atoms with Gasteiger partial charge >= 0.3 is 0 Å². The summed E-state index contributed by atoms with van der Waals surface area (Å²) in [5.74, 6) is -0.587. The first kappa shape index (κ1) is 17.7. The summed E-state index contributed by atoms with van der Waals surface area (Å²) < 4.78 is 0. The number of carbonyl (C=O) groups is 2. The molecule has 0 aliphatic rings. The van der Waals surface area contributed by atoms with Gasteiger partial charge < -0.3 is 10.2 Å². The van der Waals surface area contributed by atoms with E-state index in [0.29, 0.717) is 13.1 Å². The lowest BCUT2D eigenvalue weighted by molar-refractivity contribution is -0.136. The van der Waals surface area contributed by atoms with Gasteiger partial charge in [0.1, 0.15) is 0 Å². The fourth-order valence-electron chi connectivity index (χ4n) is 2.72. The summed E-state index contributed by atoms with van der Waals surface area (Å²) in [6.07, 6.45) is 0. The second kappa shape index (κ2) is 8.87. The molecule has 4 nitrogen and oxygen atoms in total. The van der Waals surface area contributed by atoms with E-state index in [1.165, 1.54) is 0 Å². The predicted molar refractivity (Wildman–Crippen MR) is 95.7 cm³/mol. The van der Waals surface area contributed by atoms with Crippen LogP contribution in [0.25, 0.3) is 0 Å². The molecule has 126 valence electrons. The Kier molecular flexibility index (Phi) is 6.55. The van der Waals surface area contributed by atoms with Gasteiger partial charge in [-0.25, -0.2) is 0 Å². The maximum absolute atomic E-state index is 13.2. The van der Waals surface area contributed by atoms with Crippen LogP contribution in [0.2, 0.25) is 0 Å². The highest BCUT2D eigenvalue weighted by Crippen LogP contribution is 2.26. The molecule has 4 heteroatoms. The van der Waals surface area contributed by atoms with Crippen LogP contribution in [-0.2, 0) is 9.59 Å². The molecule has 0 aliphatic carbocycles. The number of hydrogen-bond donors (Lipinski definition) is 1. The molecule has 0 radical (unpaired) electrons. The highest BCUT2D eigenvalue weighted by Gasteiger charge is 2.27. The summed E-state index contributed by atoms with van der Waals surface area (Å²) >= 11 is 0. The number of amides is 2. The van der Waals surface area contributed by atoms with Crippen molar-refractivity contribution in [2.75, 3.05) is 19.6 Å². The van der Waals surface area contributed by atoms with Gasteiger partial charge in [-0.15, -0.1) is 0 Å². The van der Waals surface area contributed by atoms with E-state index in [1.807, 2.05) is 74.5 Å². The van der Waals surface area contributed by atoms with Crippen LogP contribution in [0, 0.1) is 0 Å². The average molecular weight is 324 g/mol. The monoisotopic (exact) mass is 324 g/mol. The zero-order valence-electron chi connectivity index (χ0n) is 14.2. The molecule has 0 fully saturated rings. The average Bonchev–Trinajstić information content (AvgIpc) is 2.62. The van der Waals surface area contributed by atoms with Crippen molar-refractivity contribution in [1.29, 1.82) is 0 Å². The van der Waals surface area contributed by atoms with Crippen molar-refractivity contribution in [1.82, 2.24) is 10.2 Å². The molecular formula is C20H24N2O2. The van der Waals surface area contributed by atoms with Crippen molar-refractivity contribution in [2.45, 2.75) is 19.8 Å². The van der Waals surface area contributed by atoms with Crippen molar-refractivity contribution in [2.24, 2.45) is 0 Å². The SMILES string of the molecule is CCNC(=O)CN(CC)C(=O)C(c1ccccc1)c1ccccc1. The zero-order valence-corrected chi connectivity index (χ0v) is 14.2. The molecule has 0 bridgehead atoms. The second-order valence-electron chi connectivity index (χ2n) is 5.56. The molecular weight excluding hydrogens is 300 g/mol. The number of nitrogens with one attached hydrogen (secondary N) is 1. The summed E-state index contributed by atoms with van der Waals surface area (Å²) in [5, 5.41) is 2.75. The standard InChI is InChI=1S/C20H24N2O2/c1-3-21-18(23)15-22(4-2)20(24)19(16-11-7-5-8-12-16)17-13-9-6-10-14-17/h5-14,19H,3-4,15H2,1-2H3,(H,21,23). The van der Waals surface area contributed by atoms with Gasteiger partial charge in [-0.3, -0.25) is 9.59 Å². The van der Waals surface area contributed by atoms with E-state index in [-0.39, 0.29) is 18.4 Å². The second-order valence-corrected chi connectivity index (χ2v) is 5.56. The zero-order chi connectivity index (χ0) is 17.4. The lowest BCUT2D eigenvalue weighted by atomic mass is 9.90. The molecule has 0 spiro atoms. The quantitative estimate of drug-likeness (QED) is 0.851. The Hall–Kier alpha value is -2.62. The third-order valence-electron chi connectivity index (χ3n) is 3.91. The van der Waals surface area contributed by atoms with Gasteiger partial charge in [0.2, 0.25) is 11.8 Å². The summed E-state index contributed by atoms with van der Waals surface area (Å²) in [6.45, 7) is 4.90. The van der Waals surface area contributed by atoms with Crippen LogP contribution in [0.15, 0.2) is 60.7 Å². The number of nitrogens with zero attached hydrogens (tertiary/aromatic N) is 1. The van der Waals surface area contributed by atoms with Crippen LogP contribution < -0.4 is 5.32 Å². The number of rotatable bonds is 7. The minimum atomic E-state index is -0.401. The van der Waals surface area contributed by atoms with Gasteiger partial charge in [0.25, 0.3) is 0 Å².